The number of para-hydroxylation sites is 1. The first-order valence-corrected chi connectivity index (χ1v) is 9.35. The number of methoxy groups -OCH3 is 1. The van der Waals surface area contributed by atoms with Crippen LogP contribution in [0.4, 0.5) is 0 Å². The van der Waals surface area contributed by atoms with Crippen molar-refractivity contribution in [3.05, 3.63) is 82.3 Å². The van der Waals surface area contributed by atoms with E-state index in [0.29, 0.717) is 10.7 Å². The third-order valence-electron chi connectivity index (χ3n) is 4.14. The van der Waals surface area contributed by atoms with Crippen LogP contribution >= 0.6 is 11.3 Å². The van der Waals surface area contributed by atoms with E-state index < -0.39 is 5.97 Å². The normalized spacial score (nSPS) is 11.3. The Morgan fingerprint density at radius 3 is 2.75 bits per heavy atom. The van der Waals surface area contributed by atoms with E-state index in [4.69, 9.17) is 9.47 Å². The quantitative estimate of drug-likeness (QED) is 0.383. The van der Waals surface area contributed by atoms with Gasteiger partial charge in [0.2, 0.25) is 0 Å². The summed E-state index contributed by atoms with van der Waals surface area (Å²) in [5, 5.41) is 0. The molecule has 4 aromatic rings. The van der Waals surface area contributed by atoms with Crippen LogP contribution in [0.2, 0.25) is 0 Å². The molecule has 0 aliphatic carbocycles. The first kappa shape index (κ1) is 17.9. The number of hydrogen-bond donors (Lipinski definition) is 0. The largest absolute Gasteiger partial charge is 0.497 e. The van der Waals surface area contributed by atoms with Gasteiger partial charge < -0.3 is 9.47 Å². The molecule has 0 saturated carbocycles. The first-order chi connectivity index (χ1) is 13.6. The van der Waals surface area contributed by atoms with Gasteiger partial charge in [0, 0.05) is 12.1 Å². The summed E-state index contributed by atoms with van der Waals surface area (Å²) >= 11 is 1.42. The summed E-state index contributed by atoms with van der Waals surface area (Å²) in [6, 6.07) is 16.3. The number of esters is 1. The number of thiazole rings is 1. The second kappa shape index (κ2) is 7.66. The molecule has 0 aliphatic heterocycles. The molecule has 0 unspecified atom stereocenters. The lowest BCUT2D eigenvalue weighted by atomic mass is 10.2. The molecule has 140 valence electrons. The first-order valence-electron chi connectivity index (χ1n) is 8.53. The van der Waals surface area contributed by atoms with E-state index in [2.05, 4.69) is 4.98 Å². The second-order valence-electron chi connectivity index (χ2n) is 5.99. The predicted molar refractivity (Wildman–Crippen MR) is 109 cm³/mol. The van der Waals surface area contributed by atoms with Gasteiger partial charge in [0.1, 0.15) is 12.4 Å². The lowest BCUT2D eigenvalue weighted by Crippen LogP contribution is -2.14. The highest BCUT2D eigenvalue weighted by Gasteiger charge is 2.10. The van der Waals surface area contributed by atoms with Crippen LogP contribution < -0.4 is 10.3 Å². The fourth-order valence-corrected chi connectivity index (χ4v) is 3.82. The minimum atomic E-state index is -0.505. The van der Waals surface area contributed by atoms with E-state index in [1.54, 1.807) is 17.6 Å². The summed E-state index contributed by atoms with van der Waals surface area (Å²) in [7, 11) is 1.60. The van der Waals surface area contributed by atoms with E-state index in [-0.39, 0.29) is 12.2 Å². The molecule has 0 radical (unpaired) electrons. The molecule has 0 amide bonds. The van der Waals surface area contributed by atoms with Crippen molar-refractivity contribution >= 4 is 38.6 Å². The molecule has 28 heavy (non-hydrogen) atoms. The fraction of sp³-hybridized carbons (Fsp3) is 0.0952. The highest BCUT2D eigenvalue weighted by Crippen LogP contribution is 2.23. The Balaban J connectivity index is 1.47. The molecule has 0 saturated heterocycles. The molecule has 2 aromatic carbocycles. The Labute approximate surface area is 164 Å². The van der Waals surface area contributed by atoms with Gasteiger partial charge in [-0.05, 0) is 35.9 Å². The topological polar surface area (TPSA) is 69.9 Å². The number of fused-ring (bicyclic) bond motifs is 3. The number of carbonyl (C=O) groups is 1. The molecular formula is C21H16N2O4S. The molecule has 0 atom stereocenters. The molecule has 4 rings (SSSR count). The van der Waals surface area contributed by atoms with E-state index in [9.17, 15) is 9.59 Å². The summed E-state index contributed by atoms with van der Waals surface area (Å²) in [5.41, 5.74) is 1.90. The number of nitrogens with zero attached hydrogens (tertiary/aromatic N) is 2. The highest BCUT2D eigenvalue weighted by atomic mass is 32.1. The minimum Gasteiger partial charge on any atom is -0.497 e. The Hall–Kier alpha value is -3.45. The third kappa shape index (κ3) is 3.65. The molecule has 6 nitrogen and oxygen atoms in total. The van der Waals surface area contributed by atoms with Crippen molar-refractivity contribution in [1.29, 1.82) is 0 Å². The van der Waals surface area contributed by atoms with Gasteiger partial charge in [-0.25, -0.2) is 9.78 Å². The summed E-state index contributed by atoms with van der Waals surface area (Å²) in [5.74, 6) is 0.239. The van der Waals surface area contributed by atoms with Crippen LogP contribution in [0.3, 0.4) is 0 Å². The SMILES string of the molecule is COc1ccc(/C=C/C(=O)OCc2cc(=O)n3c(n2)sc2ccccc23)cc1. The zero-order valence-electron chi connectivity index (χ0n) is 15.0. The summed E-state index contributed by atoms with van der Waals surface area (Å²) < 4.78 is 12.8. The molecule has 2 heterocycles. The van der Waals surface area contributed by atoms with Crippen LogP contribution in [-0.4, -0.2) is 22.5 Å². The molecular weight excluding hydrogens is 376 g/mol. The number of benzene rings is 2. The van der Waals surface area contributed by atoms with E-state index in [1.807, 2.05) is 48.5 Å². The lowest BCUT2D eigenvalue weighted by Gasteiger charge is -2.02. The maximum atomic E-state index is 12.4. The number of hydrogen-bond acceptors (Lipinski definition) is 6. The molecule has 0 spiro atoms. The standard InChI is InChI=1S/C21H16N2O4S/c1-26-16-9-6-14(7-10-16)8-11-20(25)27-13-15-12-19(24)23-17-4-2-3-5-18(17)28-21(23)22-15/h2-12H,13H2,1H3/b11-8+. The summed E-state index contributed by atoms with van der Waals surface area (Å²) in [4.78, 5) is 29.4. The number of ether oxygens (including phenoxy) is 2. The van der Waals surface area contributed by atoms with Crippen LogP contribution in [-0.2, 0) is 16.1 Å². The van der Waals surface area contributed by atoms with Crippen molar-refractivity contribution < 1.29 is 14.3 Å². The van der Waals surface area contributed by atoms with E-state index >= 15 is 0 Å². The van der Waals surface area contributed by atoms with Crippen molar-refractivity contribution in [3.63, 3.8) is 0 Å². The molecule has 0 bridgehead atoms. The molecule has 2 aromatic heterocycles. The van der Waals surface area contributed by atoms with Gasteiger partial charge in [0.05, 0.1) is 23.0 Å². The van der Waals surface area contributed by atoms with Gasteiger partial charge in [-0.2, -0.15) is 0 Å². The van der Waals surface area contributed by atoms with Crippen LogP contribution in [0.15, 0.2) is 65.5 Å². The Kier molecular flexibility index (Phi) is 4.90. The zero-order chi connectivity index (χ0) is 19.5. The van der Waals surface area contributed by atoms with E-state index in [0.717, 1.165) is 21.5 Å². The second-order valence-corrected chi connectivity index (χ2v) is 7.00. The lowest BCUT2D eigenvalue weighted by molar-refractivity contribution is -0.139. The van der Waals surface area contributed by atoms with Crippen molar-refractivity contribution in [3.8, 4) is 5.75 Å². The molecule has 7 heteroatoms. The summed E-state index contributed by atoms with van der Waals surface area (Å²) in [6.45, 7) is -0.0637. The summed E-state index contributed by atoms with van der Waals surface area (Å²) in [6.07, 6.45) is 2.99. The van der Waals surface area contributed by atoms with Crippen molar-refractivity contribution in [2.45, 2.75) is 6.61 Å². The van der Waals surface area contributed by atoms with Crippen LogP contribution in [0.1, 0.15) is 11.3 Å². The van der Waals surface area contributed by atoms with Crippen LogP contribution in [0.5, 0.6) is 5.75 Å². The fourth-order valence-electron chi connectivity index (χ4n) is 2.77. The molecule has 0 N–H and O–H groups in total. The maximum Gasteiger partial charge on any atom is 0.331 e. The Morgan fingerprint density at radius 1 is 1.18 bits per heavy atom. The number of carbonyl (C=O) groups excluding carboxylic acids is 1. The average Bonchev–Trinajstić information content (AvgIpc) is 3.10. The van der Waals surface area contributed by atoms with Crippen molar-refractivity contribution in [2.75, 3.05) is 7.11 Å². The van der Waals surface area contributed by atoms with Gasteiger partial charge in [-0.1, -0.05) is 35.6 Å². The smallest absolute Gasteiger partial charge is 0.331 e. The van der Waals surface area contributed by atoms with Gasteiger partial charge in [-0.3, -0.25) is 9.20 Å². The number of aromatic nitrogens is 2. The average molecular weight is 392 g/mol. The van der Waals surface area contributed by atoms with Crippen molar-refractivity contribution in [2.24, 2.45) is 0 Å². The molecule has 0 fully saturated rings. The monoisotopic (exact) mass is 392 g/mol. The predicted octanol–water partition coefficient (Wildman–Crippen LogP) is 3.67. The van der Waals surface area contributed by atoms with Gasteiger partial charge in [-0.15, -0.1) is 0 Å². The van der Waals surface area contributed by atoms with Crippen LogP contribution in [0.25, 0.3) is 21.3 Å². The van der Waals surface area contributed by atoms with Crippen molar-refractivity contribution in [1.82, 2.24) is 9.38 Å². The maximum absolute atomic E-state index is 12.4. The minimum absolute atomic E-state index is 0.0637. The van der Waals surface area contributed by atoms with Gasteiger partial charge in [0.15, 0.2) is 4.96 Å². The molecule has 0 aliphatic rings. The zero-order valence-corrected chi connectivity index (χ0v) is 15.8. The van der Waals surface area contributed by atoms with E-state index in [1.165, 1.54) is 23.5 Å². The van der Waals surface area contributed by atoms with Gasteiger partial charge >= 0.3 is 5.97 Å². The Bertz CT molecular complexity index is 1240. The highest BCUT2D eigenvalue weighted by molar-refractivity contribution is 7.23. The third-order valence-corrected chi connectivity index (χ3v) is 5.16. The Morgan fingerprint density at radius 2 is 1.96 bits per heavy atom. The van der Waals surface area contributed by atoms with Crippen LogP contribution in [0, 0.1) is 0 Å². The number of rotatable bonds is 5. The van der Waals surface area contributed by atoms with Gasteiger partial charge in [0.25, 0.3) is 5.56 Å².